The molecule has 116 valence electrons. The molecule has 1 aromatic heterocycles. The van der Waals surface area contributed by atoms with Crippen LogP contribution in [0.1, 0.15) is 61.3 Å². The highest BCUT2D eigenvalue weighted by Crippen LogP contribution is 2.36. The van der Waals surface area contributed by atoms with Gasteiger partial charge >= 0.3 is 5.97 Å². The molecule has 4 nitrogen and oxygen atoms in total. The monoisotopic (exact) mass is 308 g/mol. The third-order valence-electron chi connectivity index (χ3n) is 5.07. The van der Waals surface area contributed by atoms with E-state index in [0.717, 1.165) is 25.9 Å². The van der Waals surface area contributed by atoms with Gasteiger partial charge in [0, 0.05) is 29.6 Å². The van der Waals surface area contributed by atoms with Crippen molar-refractivity contribution in [3.8, 4) is 0 Å². The quantitative estimate of drug-likeness (QED) is 0.925. The zero-order valence-corrected chi connectivity index (χ0v) is 13.4. The summed E-state index contributed by atoms with van der Waals surface area (Å²) >= 11 is 1.84. The van der Waals surface area contributed by atoms with Gasteiger partial charge in [-0.25, -0.2) is 4.98 Å². The molecule has 3 rings (SSSR count). The van der Waals surface area contributed by atoms with E-state index in [1.54, 1.807) is 0 Å². The summed E-state index contributed by atoms with van der Waals surface area (Å²) in [4.78, 5) is 19.5. The second-order valence-corrected chi connectivity index (χ2v) is 7.59. The van der Waals surface area contributed by atoms with E-state index >= 15 is 0 Å². The Hall–Kier alpha value is -0.940. The number of hydrogen-bond acceptors (Lipinski definition) is 4. The molecule has 1 saturated heterocycles. The zero-order chi connectivity index (χ0) is 14.8. The Balaban J connectivity index is 1.64. The molecule has 1 saturated carbocycles. The summed E-state index contributed by atoms with van der Waals surface area (Å²) < 4.78 is 0. The van der Waals surface area contributed by atoms with E-state index in [-0.39, 0.29) is 12.0 Å². The molecular weight excluding hydrogens is 284 g/mol. The van der Waals surface area contributed by atoms with E-state index in [1.807, 2.05) is 17.5 Å². The number of aliphatic carboxylic acids is 1. The lowest BCUT2D eigenvalue weighted by molar-refractivity contribution is -0.145. The number of carboxylic acid groups (broad SMARTS) is 1. The van der Waals surface area contributed by atoms with Gasteiger partial charge in [0.15, 0.2) is 0 Å². The largest absolute Gasteiger partial charge is 0.481 e. The van der Waals surface area contributed by atoms with Gasteiger partial charge in [-0.15, -0.1) is 11.3 Å². The summed E-state index contributed by atoms with van der Waals surface area (Å²) in [6, 6.07) is 0.119. The highest BCUT2D eigenvalue weighted by Gasteiger charge is 2.33. The SMILES string of the molecule is C[C@@H]1[C@H](C(=O)O)CCCN1Cc1cnc(C2CCCC2)s1. The third kappa shape index (κ3) is 3.29. The molecule has 2 aliphatic rings. The second-order valence-electron chi connectivity index (χ2n) is 6.44. The van der Waals surface area contributed by atoms with Gasteiger partial charge in [-0.1, -0.05) is 12.8 Å². The summed E-state index contributed by atoms with van der Waals surface area (Å²) in [5.41, 5.74) is 0. The highest BCUT2D eigenvalue weighted by atomic mass is 32.1. The average Bonchev–Trinajstić information content (AvgIpc) is 3.11. The second kappa shape index (κ2) is 6.44. The van der Waals surface area contributed by atoms with E-state index in [0.29, 0.717) is 5.92 Å². The maximum absolute atomic E-state index is 11.3. The zero-order valence-electron chi connectivity index (χ0n) is 12.6. The van der Waals surface area contributed by atoms with Crippen molar-refractivity contribution in [3.63, 3.8) is 0 Å². The molecule has 0 radical (unpaired) electrons. The Bertz CT molecular complexity index is 496. The molecule has 2 fully saturated rings. The summed E-state index contributed by atoms with van der Waals surface area (Å²) in [6.45, 7) is 3.91. The van der Waals surface area contributed by atoms with E-state index in [4.69, 9.17) is 0 Å². The van der Waals surface area contributed by atoms with Crippen LogP contribution < -0.4 is 0 Å². The molecule has 1 aliphatic carbocycles. The minimum absolute atomic E-state index is 0.119. The Morgan fingerprint density at radius 2 is 2.14 bits per heavy atom. The maximum Gasteiger partial charge on any atom is 0.308 e. The van der Waals surface area contributed by atoms with Crippen molar-refractivity contribution in [2.75, 3.05) is 6.54 Å². The first kappa shape index (κ1) is 15.0. The normalized spacial score (nSPS) is 28.0. The molecule has 5 heteroatoms. The fourth-order valence-corrected chi connectivity index (χ4v) is 4.84. The first-order chi connectivity index (χ1) is 10.1. The number of likely N-dealkylation sites (tertiary alicyclic amines) is 1. The fraction of sp³-hybridized carbons (Fsp3) is 0.750. The average molecular weight is 308 g/mol. The van der Waals surface area contributed by atoms with E-state index in [9.17, 15) is 9.90 Å². The summed E-state index contributed by atoms with van der Waals surface area (Å²) in [6.07, 6.45) is 9.04. The Labute approximate surface area is 130 Å². The molecule has 1 N–H and O–H groups in total. The molecule has 0 unspecified atom stereocenters. The first-order valence-corrected chi connectivity index (χ1v) is 8.88. The van der Waals surface area contributed by atoms with Gasteiger partial charge in [-0.2, -0.15) is 0 Å². The molecular formula is C16H24N2O2S. The number of rotatable bonds is 4. The van der Waals surface area contributed by atoms with Crippen LogP contribution in [0.2, 0.25) is 0 Å². The van der Waals surface area contributed by atoms with Crippen molar-refractivity contribution in [1.29, 1.82) is 0 Å². The predicted octanol–water partition coefficient (Wildman–Crippen LogP) is 3.49. The lowest BCUT2D eigenvalue weighted by atomic mass is 9.90. The van der Waals surface area contributed by atoms with Crippen LogP contribution in [0.15, 0.2) is 6.20 Å². The van der Waals surface area contributed by atoms with Gasteiger partial charge in [-0.05, 0) is 39.2 Å². The molecule has 0 bridgehead atoms. The van der Waals surface area contributed by atoms with Crippen LogP contribution in [0.5, 0.6) is 0 Å². The molecule has 1 aromatic rings. The topological polar surface area (TPSA) is 53.4 Å². The van der Waals surface area contributed by atoms with Crippen LogP contribution in [0.3, 0.4) is 0 Å². The number of aromatic nitrogens is 1. The Kier molecular flexibility index (Phi) is 4.60. The fourth-order valence-electron chi connectivity index (χ4n) is 3.72. The van der Waals surface area contributed by atoms with Crippen LogP contribution in [-0.2, 0) is 11.3 Å². The molecule has 2 heterocycles. The third-order valence-corrected chi connectivity index (χ3v) is 6.22. The van der Waals surface area contributed by atoms with Crippen LogP contribution in [0.4, 0.5) is 0 Å². The maximum atomic E-state index is 11.3. The van der Waals surface area contributed by atoms with Crippen LogP contribution in [0.25, 0.3) is 0 Å². The van der Waals surface area contributed by atoms with Crippen molar-refractivity contribution in [2.24, 2.45) is 5.92 Å². The standard InChI is InChI=1S/C16H24N2O2S/c1-11-14(16(19)20)7-4-8-18(11)10-13-9-17-15(21-13)12-5-2-3-6-12/h9,11-12,14H,2-8,10H2,1H3,(H,19,20)/t11-,14-/m1/s1. The van der Waals surface area contributed by atoms with Crippen LogP contribution in [0, 0.1) is 5.92 Å². The van der Waals surface area contributed by atoms with Crippen molar-refractivity contribution >= 4 is 17.3 Å². The Morgan fingerprint density at radius 3 is 2.86 bits per heavy atom. The smallest absolute Gasteiger partial charge is 0.308 e. The summed E-state index contributed by atoms with van der Waals surface area (Å²) in [7, 11) is 0. The van der Waals surface area contributed by atoms with E-state index in [1.165, 1.54) is 35.6 Å². The first-order valence-electron chi connectivity index (χ1n) is 8.06. The van der Waals surface area contributed by atoms with Crippen molar-refractivity contribution in [2.45, 2.75) is 64.0 Å². The molecule has 21 heavy (non-hydrogen) atoms. The number of thiazole rings is 1. The Morgan fingerprint density at radius 1 is 1.38 bits per heavy atom. The van der Waals surface area contributed by atoms with Crippen molar-refractivity contribution in [3.05, 3.63) is 16.1 Å². The van der Waals surface area contributed by atoms with Gasteiger partial charge in [0.1, 0.15) is 0 Å². The van der Waals surface area contributed by atoms with Gasteiger partial charge < -0.3 is 5.11 Å². The number of nitrogens with zero attached hydrogens (tertiary/aromatic N) is 2. The summed E-state index contributed by atoms with van der Waals surface area (Å²) in [5.74, 6) is -0.196. The van der Waals surface area contributed by atoms with Gasteiger partial charge in [0.25, 0.3) is 0 Å². The molecule has 2 atom stereocenters. The number of carboxylic acids is 1. The minimum atomic E-state index is -0.650. The lowest BCUT2D eigenvalue weighted by Crippen LogP contribution is -2.45. The number of piperidine rings is 1. The minimum Gasteiger partial charge on any atom is -0.481 e. The number of carbonyl (C=O) groups is 1. The van der Waals surface area contributed by atoms with Gasteiger partial charge in [0.05, 0.1) is 10.9 Å². The molecule has 0 spiro atoms. The van der Waals surface area contributed by atoms with E-state index in [2.05, 4.69) is 16.8 Å². The summed E-state index contributed by atoms with van der Waals surface area (Å²) in [5, 5.41) is 10.6. The van der Waals surface area contributed by atoms with Crippen molar-refractivity contribution < 1.29 is 9.90 Å². The van der Waals surface area contributed by atoms with Crippen molar-refractivity contribution in [1.82, 2.24) is 9.88 Å². The molecule has 1 aliphatic heterocycles. The van der Waals surface area contributed by atoms with Gasteiger partial charge in [0.2, 0.25) is 0 Å². The highest BCUT2D eigenvalue weighted by molar-refractivity contribution is 7.11. The lowest BCUT2D eigenvalue weighted by Gasteiger charge is -2.37. The van der Waals surface area contributed by atoms with Crippen LogP contribution in [-0.4, -0.2) is 33.5 Å². The molecule has 0 aromatic carbocycles. The van der Waals surface area contributed by atoms with E-state index < -0.39 is 5.97 Å². The molecule has 0 amide bonds. The predicted molar refractivity (Wildman–Crippen MR) is 83.6 cm³/mol. The number of hydrogen-bond donors (Lipinski definition) is 1. The van der Waals surface area contributed by atoms with Crippen LogP contribution >= 0.6 is 11.3 Å². The van der Waals surface area contributed by atoms with Gasteiger partial charge in [-0.3, -0.25) is 9.69 Å².